The highest BCUT2D eigenvalue weighted by molar-refractivity contribution is 7.98. The van der Waals surface area contributed by atoms with Crippen molar-refractivity contribution in [1.29, 1.82) is 5.26 Å². The summed E-state index contributed by atoms with van der Waals surface area (Å²) in [7, 11) is 0. The fourth-order valence-corrected chi connectivity index (χ4v) is 4.16. The van der Waals surface area contributed by atoms with Crippen molar-refractivity contribution in [1.82, 2.24) is 10.2 Å². The molecule has 2 heterocycles. The van der Waals surface area contributed by atoms with Crippen LogP contribution in [0.25, 0.3) is 11.5 Å². The maximum atomic E-state index is 12.1. The summed E-state index contributed by atoms with van der Waals surface area (Å²) < 4.78 is 10.7. The average Bonchev–Trinajstić information content (AvgIpc) is 3.25. The Balaban J connectivity index is 1.80. The SMILES string of the molecule is CCOC(=O)c1sc(N)c(C#N)c1CSc1nnc(-c2ccc(Cl)cc2)o1. The number of carbonyl (C=O) groups is 1. The fourth-order valence-electron chi connectivity index (χ4n) is 2.22. The smallest absolute Gasteiger partial charge is 0.348 e. The van der Waals surface area contributed by atoms with Gasteiger partial charge in [0.2, 0.25) is 5.89 Å². The molecule has 0 fully saturated rings. The molecule has 0 saturated carbocycles. The molecule has 7 nitrogen and oxygen atoms in total. The quantitative estimate of drug-likeness (QED) is 0.461. The van der Waals surface area contributed by atoms with Crippen LogP contribution in [0.4, 0.5) is 5.00 Å². The minimum atomic E-state index is -0.501. The van der Waals surface area contributed by atoms with Gasteiger partial charge in [0.1, 0.15) is 15.9 Å². The lowest BCUT2D eigenvalue weighted by atomic mass is 10.2. The Morgan fingerprint density at radius 1 is 1.41 bits per heavy atom. The molecule has 0 bridgehead atoms. The third kappa shape index (κ3) is 4.24. The van der Waals surface area contributed by atoms with Crippen molar-refractivity contribution in [2.75, 3.05) is 12.3 Å². The fraction of sp³-hybridized carbons (Fsp3) is 0.176. The van der Waals surface area contributed by atoms with Gasteiger partial charge in [0, 0.05) is 21.9 Å². The lowest BCUT2D eigenvalue weighted by Gasteiger charge is -2.02. The van der Waals surface area contributed by atoms with E-state index in [1.165, 1.54) is 11.8 Å². The van der Waals surface area contributed by atoms with E-state index in [4.69, 9.17) is 26.5 Å². The Kier molecular flexibility index (Phi) is 6.01. The summed E-state index contributed by atoms with van der Waals surface area (Å²) >= 11 is 8.12. The van der Waals surface area contributed by atoms with Crippen LogP contribution in [0.5, 0.6) is 0 Å². The minimum Gasteiger partial charge on any atom is -0.462 e. The normalized spacial score (nSPS) is 10.6. The van der Waals surface area contributed by atoms with Gasteiger partial charge >= 0.3 is 5.97 Å². The van der Waals surface area contributed by atoms with Crippen molar-refractivity contribution in [3.05, 3.63) is 45.3 Å². The molecule has 138 valence electrons. The molecular formula is C17H13ClN4O3S2. The van der Waals surface area contributed by atoms with E-state index in [1.54, 1.807) is 31.2 Å². The van der Waals surface area contributed by atoms with Gasteiger partial charge in [-0.15, -0.1) is 21.5 Å². The molecule has 0 aliphatic carbocycles. The number of halogens is 1. The molecule has 0 aliphatic rings. The van der Waals surface area contributed by atoms with Gasteiger partial charge in [0.05, 0.1) is 12.2 Å². The summed E-state index contributed by atoms with van der Waals surface area (Å²) in [5, 5.41) is 18.5. The van der Waals surface area contributed by atoms with Crippen molar-refractivity contribution in [3.63, 3.8) is 0 Å². The van der Waals surface area contributed by atoms with Crippen LogP contribution >= 0.6 is 34.7 Å². The zero-order valence-electron chi connectivity index (χ0n) is 14.1. The Bertz CT molecular complexity index is 1010. The number of nitrogens with two attached hydrogens (primary N) is 1. The topological polar surface area (TPSA) is 115 Å². The average molecular weight is 421 g/mol. The number of aromatic nitrogens is 2. The molecule has 2 N–H and O–H groups in total. The number of rotatable bonds is 6. The summed E-state index contributed by atoms with van der Waals surface area (Å²) in [5.74, 6) is 0.122. The number of carbonyl (C=O) groups excluding carboxylic acids is 1. The first-order chi connectivity index (χ1) is 13.0. The number of nitriles is 1. The number of ether oxygens (including phenoxy) is 1. The van der Waals surface area contributed by atoms with Gasteiger partial charge in [-0.1, -0.05) is 23.4 Å². The molecule has 1 aromatic carbocycles. The first-order valence-electron chi connectivity index (χ1n) is 7.74. The van der Waals surface area contributed by atoms with Gasteiger partial charge in [0.15, 0.2) is 0 Å². The number of anilines is 1. The second-order valence-corrected chi connectivity index (χ2v) is 7.57. The molecule has 27 heavy (non-hydrogen) atoms. The molecule has 0 aliphatic heterocycles. The van der Waals surface area contributed by atoms with E-state index in [1.807, 2.05) is 6.07 Å². The number of esters is 1. The van der Waals surface area contributed by atoms with Crippen molar-refractivity contribution in [3.8, 4) is 17.5 Å². The first kappa shape index (κ1) is 19.2. The summed E-state index contributed by atoms with van der Waals surface area (Å²) in [5.41, 5.74) is 7.38. The molecule has 2 aromatic heterocycles. The van der Waals surface area contributed by atoms with Crippen LogP contribution in [0, 0.1) is 11.3 Å². The van der Waals surface area contributed by atoms with Gasteiger partial charge in [-0.2, -0.15) is 5.26 Å². The zero-order valence-corrected chi connectivity index (χ0v) is 16.5. The third-order valence-corrected chi connectivity index (χ3v) is 5.58. The highest BCUT2D eigenvalue weighted by Crippen LogP contribution is 2.36. The number of nitrogen functional groups attached to an aromatic ring is 1. The van der Waals surface area contributed by atoms with E-state index in [-0.39, 0.29) is 22.9 Å². The van der Waals surface area contributed by atoms with Crippen molar-refractivity contribution >= 4 is 45.7 Å². The number of nitrogens with zero attached hydrogens (tertiary/aromatic N) is 3. The number of thiophene rings is 1. The van der Waals surface area contributed by atoms with E-state index in [0.717, 1.165) is 16.9 Å². The number of hydrogen-bond acceptors (Lipinski definition) is 9. The molecule has 0 atom stereocenters. The molecular weight excluding hydrogens is 408 g/mol. The van der Waals surface area contributed by atoms with Gasteiger partial charge in [0.25, 0.3) is 5.22 Å². The maximum absolute atomic E-state index is 12.1. The van der Waals surface area contributed by atoms with Crippen LogP contribution in [0.1, 0.15) is 27.7 Å². The van der Waals surface area contributed by atoms with E-state index in [0.29, 0.717) is 26.6 Å². The van der Waals surface area contributed by atoms with Gasteiger partial charge < -0.3 is 14.9 Å². The summed E-state index contributed by atoms with van der Waals surface area (Å²) in [6.07, 6.45) is 0. The Morgan fingerprint density at radius 2 is 2.15 bits per heavy atom. The van der Waals surface area contributed by atoms with E-state index in [9.17, 15) is 10.1 Å². The molecule has 0 amide bonds. The van der Waals surface area contributed by atoms with Crippen LogP contribution in [-0.2, 0) is 10.5 Å². The van der Waals surface area contributed by atoms with Crippen LogP contribution in [0.15, 0.2) is 33.9 Å². The second kappa shape index (κ2) is 8.43. The molecule has 0 saturated heterocycles. The molecule has 10 heteroatoms. The second-order valence-electron chi connectivity index (χ2n) is 5.15. The van der Waals surface area contributed by atoms with Gasteiger partial charge in [-0.3, -0.25) is 0 Å². The van der Waals surface area contributed by atoms with Crippen LogP contribution < -0.4 is 5.73 Å². The predicted molar refractivity (Wildman–Crippen MR) is 104 cm³/mol. The van der Waals surface area contributed by atoms with E-state index in [2.05, 4.69) is 10.2 Å². The van der Waals surface area contributed by atoms with Crippen molar-refractivity contribution in [2.45, 2.75) is 17.9 Å². The molecule has 3 rings (SSSR count). The third-order valence-electron chi connectivity index (χ3n) is 3.44. The van der Waals surface area contributed by atoms with E-state index < -0.39 is 5.97 Å². The minimum absolute atomic E-state index is 0.235. The lowest BCUT2D eigenvalue weighted by molar-refractivity contribution is 0.0531. The highest BCUT2D eigenvalue weighted by Gasteiger charge is 2.23. The Morgan fingerprint density at radius 3 is 2.81 bits per heavy atom. The Labute approximate surface area is 168 Å². The molecule has 0 unspecified atom stereocenters. The number of hydrogen-bond donors (Lipinski definition) is 1. The number of thioether (sulfide) groups is 1. The molecule has 0 radical (unpaired) electrons. The summed E-state index contributed by atoms with van der Waals surface area (Å²) in [6.45, 7) is 1.95. The standard InChI is InChI=1S/C17H13ClN4O3S2/c1-2-24-16(23)13-12(11(7-19)14(20)27-13)8-26-17-22-21-15(25-17)9-3-5-10(18)6-4-9/h3-6H,2,8,20H2,1H3. The zero-order chi connectivity index (χ0) is 19.4. The van der Waals surface area contributed by atoms with Crippen LogP contribution in [0.2, 0.25) is 5.02 Å². The first-order valence-corrected chi connectivity index (χ1v) is 9.92. The largest absolute Gasteiger partial charge is 0.462 e. The van der Waals surface area contributed by atoms with Gasteiger partial charge in [-0.05, 0) is 31.2 Å². The maximum Gasteiger partial charge on any atom is 0.348 e. The van der Waals surface area contributed by atoms with E-state index >= 15 is 0 Å². The predicted octanol–water partition coefficient (Wildman–Crippen LogP) is 4.37. The van der Waals surface area contributed by atoms with Crippen LogP contribution in [0.3, 0.4) is 0 Å². The lowest BCUT2D eigenvalue weighted by Crippen LogP contribution is -2.05. The van der Waals surface area contributed by atoms with Crippen molar-refractivity contribution < 1.29 is 13.9 Å². The van der Waals surface area contributed by atoms with Gasteiger partial charge in [-0.25, -0.2) is 4.79 Å². The van der Waals surface area contributed by atoms with Crippen molar-refractivity contribution in [2.24, 2.45) is 0 Å². The highest BCUT2D eigenvalue weighted by atomic mass is 35.5. The molecule has 3 aromatic rings. The van der Waals surface area contributed by atoms with Crippen LogP contribution in [-0.4, -0.2) is 22.8 Å². The monoisotopic (exact) mass is 420 g/mol. The molecule has 0 spiro atoms. The Hall–Kier alpha value is -2.54. The number of benzene rings is 1. The summed E-state index contributed by atoms with van der Waals surface area (Å²) in [4.78, 5) is 12.4. The summed E-state index contributed by atoms with van der Waals surface area (Å²) in [6, 6.07) is 9.05.